The molecular weight excluding hydrogens is 863 g/mol. The molecule has 2 fully saturated rings. The summed E-state index contributed by atoms with van der Waals surface area (Å²) in [4.78, 5) is 23.7. The first-order chi connectivity index (χ1) is 33.5. The van der Waals surface area contributed by atoms with Crippen LogP contribution in [0.5, 0.6) is 0 Å². The number of aromatic amines is 2. The van der Waals surface area contributed by atoms with Gasteiger partial charge in [0, 0.05) is 83.1 Å². The molecule has 0 bridgehead atoms. The lowest BCUT2D eigenvalue weighted by Crippen LogP contribution is -2.36. The molecule has 0 saturated carbocycles. The van der Waals surface area contributed by atoms with E-state index in [9.17, 15) is 8.78 Å². The van der Waals surface area contributed by atoms with Gasteiger partial charge < -0.3 is 19.3 Å². The zero-order valence-corrected chi connectivity index (χ0v) is 37.9. The number of aryl methyl sites for hydroxylation is 2. The lowest BCUT2D eigenvalue weighted by molar-refractivity contribution is 0.122. The number of halogens is 2. The van der Waals surface area contributed by atoms with Crippen LogP contribution in [0.15, 0.2) is 110 Å². The zero-order chi connectivity index (χ0) is 46.1. The molecule has 0 amide bonds. The minimum absolute atomic E-state index is 0.225. The van der Waals surface area contributed by atoms with E-state index in [2.05, 4.69) is 87.4 Å². The number of fused-ring (bicyclic) bond motifs is 4. The van der Waals surface area contributed by atoms with E-state index in [1.807, 2.05) is 48.5 Å². The second-order valence-electron chi connectivity index (χ2n) is 17.0. The van der Waals surface area contributed by atoms with Crippen LogP contribution in [0.2, 0.25) is 0 Å². The van der Waals surface area contributed by atoms with Crippen LogP contribution < -0.4 is 9.80 Å². The molecule has 6 heterocycles. The molecule has 0 atom stereocenters. The first-order valence-electron chi connectivity index (χ1n) is 23.3. The fourth-order valence-electron chi connectivity index (χ4n) is 9.68. The van der Waals surface area contributed by atoms with Gasteiger partial charge in [-0.2, -0.15) is 10.2 Å². The average Bonchev–Trinajstić information content (AvgIpc) is 4.23. The Bertz CT molecular complexity index is 3170. The summed E-state index contributed by atoms with van der Waals surface area (Å²) in [6.45, 7) is 10.3. The van der Waals surface area contributed by atoms with E-state index in [0.717, 1.165) is 130 Å². The lowest BCUT2D eigenvalue weighted by Gasteiger charge is -2.29. The van der Waals surface area contributed by atoms with Crippen LogP contribution in [0, 0.1) is 11.6 Å². The largest absolute Gasteiger partial charge is 0.378 e. The van der Waals surface area contributed by atoms with Crippen molar-refractivity contribution in [1.29, 1.82) is 0 Å². The Balaban J connectivity index is 0.000000149. The number of benzene rings is 6. The molecule has 68 heavy (non-hydrogen) atoms. The number of ether oxygens (including phenoxy) is 2. The van der Waals surface area contributed by atoms with Crippen LogP contribution in [0.1, 0.15) is 38.3 Å². The smallest absolute Gasteiger partial charge is 0.157 e. The summed E-state index contributed by atoms with van der Waals surface area (Å²) in [5.41, 5.74) is 9.45. The van der Waals surface area contributed by atoms with Crippen LogP contribution in [0.3, 0.4) is 0 Å². The second kappa shape index (κ2) is 18.6. The molecule has 344 valence electrons. The maximum Gasteiger partial charge on any atom is 0.157 e. The maximum atomic E-state index is 14.7. The summed E-state index contributed by atoms with van der Waals surface area (Å²) >= 11 is 0. The number of anilines is 2. The number of morpholine rings is 2. The number of hydrogen-bond donors (Lipinski definition) is 2. The van der Waals surface area contributed by atoms with Crippen LogP contribution in [-0.4, -0.2) is 102 Å². The topological polar surface area (TPSA) is 144 Å². The van der Waals surface area contributed by atoms with Gasteiger partial charge in [-0.15, -0.1) is 0 Å². The molecule has 10 aromatic rings. The van der Waals surface area contributed by atoms with Gasteiger partial charge in [-0.25, -0.2) is 28.7 Å². The zero-order valence-electron chi connectivity index (χ0n) is 37.9. The summed E-state index contributed by atoms with van der Waals surface area (Å²) < 4.78 is 44.9. The number of aromatic nitrogens is 10. The van der Waals surface area contributed by atoms with Gasteiger partial charge in [0.25, 0.3) is 0 Å². The molecule has 6 aromatic carbocycles. The number of H-pyrrole nitrogens is 2. The Labute approximate surface area is 390 Å². The number of imidazole rings is 2. The Kier molecular flexibility index (Phi) is 11.8. The van der Waals surface area contributed by atoms with Gasteiger partial charge in [0.2, 0.25) is 0 Å². The lowest BCUT2D eigenvalue weighted by atomic mass is 10.1. The van der Waals surface area contributed by atoms with E-state index in [-0.39, 0.29) is 11.6 Å². The predicted octanol–water partition coefficient (Wildman–Crippen LogP) is 9.78. The molecular formula is C52H50F2N12O2. The van der Waals surface area contributed by atoms with Gasteiger partial charge in [-0.3, -0.25) is 19.3 Å². The van der Waals surface area contributed by atoms with Crippen molar-refractivity contribution in [3.63, 3.8) is 0 Å². The Morgan fingerprint density at radius 3 is 1.34 bits per heavy atom. The van der Waals surface area contributed by atoms with E-state index in [1.165, 1.54) is 24.8 Å². The standard InChI is InChI=1S/2C26H25FN6O/c2*1-2-5-24-30-25-20(26-28-16-29-31-26)14-17(32-10-12-34-13-11-32)15-23(25)33(24)22-9-4-6-18-19(22)7-3-8-21(18)27/h2*3-4,6-9,14-16H,2,5,10-13H2,1H3,(H,28,29,31). The highest BCUT2D eigenvalue weighted by molar-refractivity contribution is 6.00. The molecule has 2 aliphatic rings. The monoisotopic (exact) mass is 912 g/mol. The fourth-order valence-corrected chi connectivity index (χ4v) is 9.68. The van der Waals surface area contributed by atoms with Crippen molar-refractivity contribution in [3.05, 3.63) is 133 Å². The van der Waals surface area contributed by atoms with E-state index >= 15 is 0 Å². The van der Waals surface area contributed by atoms with E-state index in [1.54, 1.807) is 12.1 Å². The molecule has 16 heteroatoms. The Morgan fingerprint density at radius 2 is 0.941 bits per heavy atom. The number of hydrogen-bond acceptors (Lipinski definition) is 10. The molecule has 2 N–H and O–H groups in total. The SMILES string of the molecule is CCCc1nc2c(-c3ncn[nH]3)cc(N3CCOCC3)cc2n1-c1cccc2c(F)cccc12.CCCc1nc2c(-c3ncn[nH]3)cc(N3CCOCC3)cc2n1-c1cccc2c(F)cccc12. The summed E-state index contributed by atoms with van der Waals surface area (Å²) in [5, 5.41) is 17.1. The van der Waals surface area contributed by atoms with E-state index in [4.69, 9.17) is 19.4 Å². The van der Waals surface area contributed by atoms with Gasteiger partial charge in [0.15, 0.2) is 11.6 Å². The summed E-state index contributed by atoms with van der Waals surface area (Å²) in [5.74, 6) is 2.78. The van der Waals surface area contributed by atoms with Gasteiger partial charge in [0.1, 0.15) is 47.0 Å². The first kappa shape index (κ1) is 43.0. The van der Waals surface area contributed by atoms with Gasteiger partial charge in [-0.1, -0.05) is 62.4 Å². The third-order valence-corrected chi connectivity index (χ3v) is 12.8. The molecule has 0 radical (unpaired) electrons. The van der Waals surface area contributed by atoms with Crippen molar-refractivity contribution in [1.82, 2.24) is 49.5 Å². The van der Waals surface area contributed by atoms with Crippen LogP contribution >= 0.6 is 0 Å². The molecule has 12 rings (SSSR count). The van der Waals surface area contributed by atoms with Gasteiger partial charge in [0.05, 0.1) is 48.8 Å². The third kappa shape index (κ3) is 7.88. The summed E-state index contributed by atoms with van der Waals surface area (Å²) in [6, 6.07) is 30.6. The molecule has 0 unspecified atom stereocenters. The van der Waals surface area contributed by atoms with Crippen molar-refractivity contribution in [2.45, 2.75) is 39.5 Å². The molecule has 0 aliphatic carbocycles. The highest BCUT2D eigenvalue weighted by Crippen LogP contribution is 2.38. The van der Waals surface area contributed by atoms with Gasteiger partial charge >= 0.3 is 0 Å². The molecule has 2 saturated heterocycles. The Hall–Kier alpha value is -7.56. The summed E-state index contributed by atoms with van der Waals surface area (Å²) in [7, 11) is 0. The second-order valence-corrected chi connectivity index (χ2v) is 17.0. The summed E-state index contributed by atoms with van der Waals surface area (Å²) in [6.07, 6.45) is 6.50. The highest BCUT2D eigenvalue weighted by atomic mass is 19.1. The van der Waals surface area contributed by atoms with Crippen molar-refractivity contribution < 1.29 is 18.3 Å². The van der Waals surface area contributed by atoms with Crippen molar-refractivity contribution in [2.24, 2.45) is 0 Å². The first-order valence-corrected chi connectivity index (χ1v) is 23.3. The van der Waals surface area contributed by atoms with Crippen LogP contribution in [-0.2, 0) is 22.3 Å². The number of rotatable bonds is 10. The average molecular weight is 913 g/mol. The molecule has 4 aromatic heterocycles. The third-order valence-electron chi connectivity index (χ3n) is 12.8. The fraction of sp³-hybridized carbons (Fsp3) is 0.269. The van der Waals surface area contributed by atoms with Crippen molar-refractivity contribution >= 4 is 55.0 Å². The molecule has 0 spiro atoms. The minimum atomic E-state index is -0.225. The molecule has 2 aliphatic heterocycles. The normalized spacial score (nSPS) is 14.4. The predicted molar refractivity (Wildman–Crippen MR) is 262 cm³/mol. The Morgan fingerprint density at radius 1 is 0.529 bits per heavy atom. The number of nitrogens with zero attached hydrogens (tertiary/aromatic N) is 10. The van der Waals surface area contributed by atoms with Crippen molar-refractivity contribution in [3.8, 4) is 34.2 Å². The van der Waals surface area contributed by atoms with Crippen molar-refractivity contribution in [2.75, 3.05) is 62.4 Å². The minimum Gasteiger partial charge on any atom is -0.378 e. The van der Waals surface area contributed by atoms with Crippen LogP contribution in [0.4, 0.5) is 20.2 Å². The van der Waals surface area contributed by atoms with E-state index in [0.29, 0.717) is 48.8 Å². The van der Waals surface area contributed by atoms with Crippen LogP contribution in [0.25, 0.3) is 77.8 Å². The van der Waals surface area contributed by atoms with Gasteiger partial charge in [-0.05, 0) is 61.4 Å². The quantitative estimate of drug-likeness (QED) is 0.136. The maximum absolute atomic E-state index is 14.7. The molecule has 14 nitrogen and oxygen atoms in total. The van der Waals surface area contributed by atoms with E-state index < -0.39 is 0 Å². The highest BCUT2D eigenvalue weighted by Gasteiger charge is 2.25. The number of nitrogens with one attached hydrogen (secondary N) is 2.